The predicted octanol–water partition coefficient (Wildman–Crippen LogP) is 2.99. The summed E-state index contributed by atoms with van der Waals surface area (Å²) in [6, 6.07) is 9.11. The second kappa shape index (κ2) is 4.77. The van der Waals surface area contributed by atoms with Crippen molar-refractivity contribution in [2.45, 2.75) is 32.7 Å². The Kier molecular flexibility index (Phi) is 3.39. The Balaban J connectivity index is 2.06. The Morgan fingerprint density at radius 3 is 2.53 bits per heavy atom. The molecule has 2 heteroatoms. The van der Waals surface area contributed by atoms with E-state index in [0.29, 0.717) is 6.04 Å². The molecule has 15 heavy (non-hydrogen) atoms. The molecular formula is C13H19NO. The first-order valence-corrected chi connectivity index (χ1v) is 5.75. The topological polar surface area (TPSA) is 21.3 Å². The Morgan fingerprint density at radius 2 is 2.00 bits per heavy atom. The fraction of sp³-hybridized carbons (Fsp3) is 0.538. The minimum absolute atomic E-state index is 0.380. The average molecular weight is 205 g/mol. The van der Waals surface area contributed by atoms with E-state index in [9.17, 15) is 0 Å². The predicted molar refractivity (Wildman–Crippen MR) is 61.4 cm³/mol. The van der Waals surface area contributed by atoms with Crippen molar-refractivity contribution in [3.05, 3.63) is 35.4 Å². The summed E-state index contributed by atoms with van der Waals surface area (Å²) in [5, 5.41) is 0. The van der Waals surface area contributed by atoms with Crippen LogP contribution in [0.1, 0.15) is 36.9 Å². The molecule has 0 spiro atoms. The number of aryl methyl sites for hydroxylation is 1. The van der Waals surface area contributed by atoms with Crippen molar-refractivity contribution in [3.63, 3.8) is 0 Å². The van der Waals surface area contributed by atoms with Crippen molar-refractivity contribution in [3.8, 4) is 0 Å². The second-order valence-corrected chi connectivity index (χ2v) is 4.28. The third-order valence-corrected chi connectivity index (χ3v) is 2.88. The average Bonchev–Trinajstić information content (AvgIpc) is 3.05. The first-order chi connectivity index (χ1) is 7.31. The zero-order valence-electron chi connectivity index (χ0n) is 9.49. The largest absolute Gasteiger partial charge is 0.301 e. The van der Waals surface area contributed by atoms with E-state index in [1.54, 1.807) is 0 Å². The second-order valence-electron chi connectivity index (χ2n) is 4.28. The van der Waals surface area contributed by atoms with E-state index in [1.807, 2.05) is 6.92 Å². The van der Waals surface area contributed by atoms with Gasteiger partial charge < -0.3 is 4.84 Å². The van der Waals surface area contributed by atoms with Crippen LogP contribution in [0.25, 0.3) is 0 Å². The van der Waals surface area contributed by atoms with Gasteiger partial charge in [-0.3, -0.25) is 0 Å². The molecular weight excluding hydrogens is 186 g/mol. The fourth-order valence-corrected chi connectivity index (χ4v) is 1.81. The van der Waals surface area contributed by atoms with Gasteiger partial charge in [-0.15, -0.1) is 0 Å². The molecule has 0 saturated heterocycles. The maximum absolute atomic E-state index is 5.33. The van der Waals surface area contributed by atoms with Gasteiger partial charge in [-0.05, 0) is 38.2 Å². The number of nitrogens with one attached hydrogen (secondary N) is 1. The lowest BCUT2D eigenvalue weighted by molar-refractivity contribution is 0.0183. The number of hydrogen-bond acceptors (Lipinski definition) is 2. The molecule has 0 amide bonds. The highest BCUT2D eigenvalue weighted by molar-refractivity contribution is 5.25. The molecule has 0 aromatic heterocycles. The molecule has 0 bridgehead atoms. The molecule has 1 N–H and O–H groups in total. The third kappa shape index (κ3) is 2.80. The number of hydrogen-bond donors (Lipinski definition) is 1. The molecule has 1 atom stereocenters. The minimum Gasteiger partial charge on any atom is -0.301 e. The van der Waals surface area contributed by atoms with Crippen molar-refractivity contribution >= 4 is 0 Å². The van der Waals surface area contributed by atoms with Crippen molar-refractivity contribution in [2.24, 2.45) is 5.92 Å². The van der Waals surface area contributed by atoms with Crippen LogP contribution in [0.3, 0.4) is 0 Å². The lowest BCUT2D eigenvalue weighted by Crippen LogP contribution is -2.23. The van der Waals surface area contributed by atoms with Crippen LogP contribution in [-0.2, 0) is 4.84 Å². The Morgan fingerprint density at radius 1 is 1.33 bits per heavy atom. The summed E-state index contributed by atoms with van der Waals surface area (Å²) >= 11 is 0. The van der Waals surface area contributed by atoms with Gasteiger partial charge in [-0.25, -0.2) is 0 Å². The molecule has 0 heterocycles. The normalized spacial score (nSPS) is 17.7. The van der Waals surface area contributed by atoms with Crippen LogP contribution in [0.2, 0.25) is 0 Å². The van der Waals surface area contributed by atoms with Crippen LogP contribution in [0.4, 0.5) is 0 Å². The van der Waals surface area contributed by atoms with Crippen molar-refractivity contribution in [1.82, 2.24) is 5.48 Å². The summed E-state index contributed by atoms with van der Waals surface area (Å²) in [6.07, 6.45) is 2.64. The molecule has 1 saturated carbocycles. The first kappa shape index (κ1) is 10.7. The zero-order valence-corrected chi connectivity index (χ0v) is 9.49. The summed E-state index contributed by atoms with van der Waals surface area (Å²) in [4.78, 5) is 5.33. The van der Waals surface area contributed by atoms with Gasteiger partial charge in [0.05, 0.1) is 12.6 Å². The highest BCUT2D eigenvalue weighted by Crippen LogP contribution is 2.40. The van der Waals surface area contributed by atoms with Crippen molar-refractivity contribution < 1.29 is 4.84 Å². The van der Waals surface area contributed by atoms with Crippen LogP contribution >= 0.6 is 0 Å². The Labute approximate surface area is 91.6 Å². The molecule has 2 rings (SSSR count). The van der Waals surface area contributed by atoms with Crippen LogP contribution in [0.15, 0.2) is 24.3 Å². The summed E-state index contributed by atoms with van der Waals surface area (Å²) in [6.45, 7) is 4.84. The molecule has 1 unspecified atom stereocenters. The maximum Gasteiger partial charge on any atom is 0.0654 e. The first-order valence-electron chi connectivity index (χ1n) is 5.75. The van der Waals surface area contributed by atoms with Gasteiger partial charge in [0.15, 0.2) is 0 Å². The van der Waals surface area contributed by atoms with Crippen molar-refractivity contribution in [2.75, 3.05) is 6.61 Å². The monoisotopic (exact) mass is 205 g/mol. The molecule has 1 aliphatic rings. The fourth-order valence-electron chi connectivity index (χ4n) is 1.81. The van der Waals surface area contributed by atoms with E-state index in [0.717, 1.165) is 12.5 Å². The summed E-state index contributed by atoms with van der Waals surface area (Å²) < 4.78 is 0. The van der Waals surface area contributed by atoms with Gasteiger partial charge in [0.25, 0.3) is 0 Å². The van der Waals surface area contributed by atoms with Crippen LogP contribution in [-0.4, -0.2) is 6.61 Å². The molecule has 2 nitrogen and oxygen atoms in total. The van der Waals surface area contributed by atoms with Crippen LogP contribution in [0.5, 0.6) is 0 Å². The number of hydroxylamine groups is 1. The summed E-state index contributed by atoms with van der Waals surface area (Å²) in [7, 11) is 0. The van der Waals surface area contributed by atoms with E-state index in [1.165, 1.54) is 24.0 Å². The quantitative estimate of drug-likeness (QED) is 0.746. The van der Waals surface area contributed by atoms with Gasteiger partial charge in [0.1, 0.15) is 0 Å². The molecule has 1 fully saturated rings. The third-order valence-electron chi connectivity index (χ3n) is 2.88. The van der Waals surface area contributed by atoms with Gasteiger partial charge in [-0.2, -0.15) is 5.48 Å². The van der Waals surface area contributed by atoms with E-state index >= 15 is 0 Å². The van der Waals surface area contributed by atoms with E-state index < -0.39 is 0 Å². The van der Waals surface area contributed by atoms with Crippen LogP contribution in [0, 0.1) is 12.8 Å². The van der Waals surface area contributed by atoms with Gasteiger partial charge in [0, 0.05) is 0 Å². The zero-order chi connectivity index (χ0) is 10.7. The summed E-state index contributed by atoms with van der Waals surface area (Å²) in [5.41, 5.74) is 5.82. The maximum atomic E-state index is 5.33. The molecule has 1 aliphatic carbocycles. The lowest BCUT2D eigenvalue weighted by atomic mass is 10.0. The molecule has 82 valence electrons. The van der Waals surface area contributed by atoms with E-state index in [-0.39, 0.29) is 0 Å². The van der Waals surface area contributed by atoms with E-state index in [4.69, 9.17) is 4.84 Å². The van der Waals surface area contributed by atoms with Gasteiger partial charge in [0.2, 0.25) is 0 Å². The van der Waals surface area contributed by atoms with Crippen molar-refractivity contribution in [1.29, 1.82) is 0 Å². The lowest BCUT2D eigenvalue weighted by Gasteiger charge is -2.18. The van der Waals surface area contributed by atoms with E-state index in [2.05, 4.69) is 36.7 Å². The Bertz CT molecular complexity index is 303. The van der Waals surface area contributed by atoms with Crippen LogP contribution < -0.4 is 5.48 Å². The molecule has 1 aromatic rings. The summed E-state index contributed by atoms with van der Waals surface area (Å²) in [5.74, 6) is 0.763. The standard InChI is InChI=1S/C13H19NO/c1-3-15-14-13(12-8-9-12)11-6-4-10(2)5-7-11/h4-7,12-14H,3,8-9H2,1-2H3. The van der Waals surface area contributed by atoms with Gasteiger partial charge in [-0.1, -0.05) is 29.8 Å². The van der Waals surface area contributed by atoms with Gasteiger partial charge >= 0.3 is 0 Å². The Hall–Kier alpha value is -0.860. The molecule has 0 aliphatic heterocycles. The SMILES string of the molecule is CCONC(c1ccc(C)cc1)C1CC1. The highest BCUT2D eigenvalue weighted by atomic mass is 16.6. The minimum atomic E-state index is 0.380. The number of benzene rings is 1. The molecule has 0 radical (unpaired) electrons. The smallest absolute Gasteiger partial charge is 0.0654 e. The molecule has 1 aromatic carbocycles. The highest BCUT2D eigenvalue weighted by Gasteiger charge is 2.32. The number of rotatable bonds is 5.